The van der Waals surface area contributed by atoms with Crippen molar-refractivity contribution < 1.29 is 27.5 Å². The van der Waals surface area contributed by atoms with Gasteiger partial charge >= 0.3 is 0 Å². The lowest BCUT2D eigenvalue weighted by Gasteiger charge is -2.33. The number of aryl methyl sites for hydroxylation is 1. The average Bonchev–Trinajstić information content (AvgIpc) is 2.96. The first kappa shape index (κ1) is 31.8. The van der Waals surface area contributed by atoms with Gasteiger partial charge in [0.15, 0.2) is 11.5 Å². The minimum atomic E-state index is -4.26. The fraction of sp³-hybridized carbons (Fsp3) is 0.333. The number of halogens is 1. The molecule has 0 aliphatic heterocycles. The molecule has 0 spiro atoms. The van der Waals surface area contributed by atoms with Gasteiger partial charge in [0, 0.05) is 24.2 Å². The van der Waals surface area contributed by atoms with Gasteiger partial charge in [-0.25, -0.2) is 8.42 Å². The molecule has 0 heterocycles. The molecule has 0 radical (unpaired) electrons. The van der Waals surface area contributed by atoms with Crippen LogP contribution in [-0.4, -0.2) is 58.5 Å². The highest BCUT2D eigenvalue weighted by Crippen LogP contribution is 2.32. The summed E-state index contributed by atoms with van der Waals surface area (Å²) in [4.78, 5) is 28.4. The molecule has 0 fully saturated rings. The summed E-state index contributed by atoms with van der Waals surface area (Å²) < 4.78 is 39.8. The van der Waals surface area contributed by atoms with Crippen LogP contribution in [0.1, 0.15) is 31.4 Å². The molecule has 3 aromatic rings. The van der Waals surface area contributed by atoms with E-state index in [4.69, 9.17) is 21.1 Å². The Hall–Kier alpha value is -3.76. The lowest BCUT2D eigenvalue weighted by Crippen LogP contribution is -2.52. The predicted octanol–water partition coefficient (Wildman–Crippen LogP) is 4.80. The predicted molar refractivity (Wildman–Crippen MR) is 160 cm³/mol. The summed E-state index contributed by atoms with van der Waals surface area (Å²) >= 11 is 6.05. The van der Waals surface area contributed by atoms with Crippen molar-refractivity contribution >= 4 is 39.1 Å². The molecule has 0 saturated heterocycles. The van der Waals surface area contributed by atoms with Crippen molar-refractivity contribution in [3.8, 4) is 11.5 Å². The molecule has 0 bridgehead atoms. The highest BCUT2D eigenvalue weighted by atomic mass is 35.5. The van der Waals surface area contributed by atoms with Gasteiger partial charge in [0.2, 0.25) is 11.8 Å². The molecular formula is C30H36ClN3O6S. The van der Waals surface area contributed by atoms with Gasteiger partial charge in [0.25, 0.3) is 10.0 Å². The number of hydrogen-bond donors (Lipinski definition) is 1. The molecule has 3 rings (SSSR count). The number of ether oxygens (including phenoxy) is 2. The van der Waals surface area contributed by atoms with Crippen LogP contribution >= 0.6 is 11.6 Å². The number of anilines is 1. The highest BCUT2D eigenvalue weighted by molar-refractivity contribution is 7.92. The van der Waals surface area contributed by atoms with Crippen LogP contribution < -0.4 is 19.1 Å². The number of rotatable bonds is 13. The van der Waals surface area contributed by atoms with E-state index in [1.54, 1.807) is 62.4 Å². The normalized spacial score (nSPS) is 11.9. The van der Waals surface area contributed by atoms with Gasteiger partial charge in [-0.15, -0.1) is 0 Å². The third-order valence-corrected chi connectivity index (χ3v) is 8.57. The molecule has 1 N–H and O–H groups in total. The standard InChI is InChI=1S/C30H36ClN3O6S/c1-6-26(30(36)32-7-2)33(19-22-10-12-23(31)13-11-22)29(35)20-34(24-14-8-21(3)9-15-24)41(37,38)25-16-17-27(39-4)28(18-25)40-5/h8-18,26H,6-7,19-20H2,1-5H3,(H,32,36)/t26-/m1/s1. The van der Waals surface area contributed by atoms with Gasteiger partial charge in [0.1, 0.15) is 12.6 Å². The summed E-state index contributed by atoms with van der Waals surface area (Å²) in [6.45, 7) is 5.42. The summed E-state index contributed by atoms with van der Waals surface area (Å²) in [5, 5.41) is 3.32. The molecule has 0 saturated carbocycles. The maximum Gasteiger partial charge on any atom is 0.264 e. The monoisotopic (exact) mass is 601 g/mol. The topological polar surface area (TPSA) is 105 Å². The van der Waals surface area contributed by atoms with Crippen molar-refractivity contribution in [3.05, 3.63) is 82.9 Å². The molecule has 0 aliphatic carbocycles. The molecule has 0 aromatic heterocycles. The van der Waals surface area contributed by atoms with Crippen molar-refractivity contribution in [1.29, 1.82) is 0 Å². The van der Waals surface area contributed by atoms with Crippen LogP contribution in [0, 0.1) is 6.92 Å². The lowest BCUT2D eigenvalue weighted by atomic mass is 10.1. The van der Waals surface area contributed by atoms with Crippen LogP contribution in [0.15, 0.2) is 71.6 Å². The Kier molecular flexibility index (Phi) is 11.0. The summed E-state index contributed by atoms with van der Waals surface area (Å²) in [5.74, 6) is -0.258. The van der Waals surface area contributed by atoms with E-state index in [9.17, 15) is 18.0 Å². The Morgan fingerprint density at radius 1 is 0.927 bits per heavy atom. The number of likely N-dealkylation sites (N-methyl/N-ethyl adjacent to an activating group) is 1. The second-order valence-electron chi connectivity index (χ2n) is 9.33. The Balaban J connectivity index is 2.09. The van der Waals surface area contributed by atoms with Crippen LogP contribution in [0.2, 0.25) is 5.02 Å². The van der Waals surface area contributed by atoms with Crippen molar-refractivity contribution in [2.75, 3.05) is 31.6 Å². The maximum absolute atomic E-state index is 14.1. The van der Waals surface area contributed by atoms with E-state index in [0.29, 0.717) is 29.4 Å². The van der Waals surface area contributed by atoms with Crippen LogP contribution in [0.4, 0.5) is 5.69 Å². The van der Waals surface area contributed by atoms with E-state index in [2.05, 4.69) is 5.32 Å². The third-order valence-electron chi connectivity index (χ3n) is 6.55. The average molecular weight is 602 g/mol. The number of sulfonamides is 1. The fourth-order valence-electron chi connectivity index (χ4n) is 4.34. The van der Waals surface area contributed by atoms with E-state index in [-0.39, 0.29) is 23.1 Å². The van der Waals surface area contributed by atoms with Gasteiger partial charge in [-0.1, -0.05) is 48.4 Å². The fourth-order valence-corrected chi connectivity index (χ4v) is 5.90. The number of nitrogens with zero attached hydrogens (tertiary/aromatic N) is 2. The summed E-state index contributed by atoms with van der Waals surface area (Å²) in [5.41, 5.74) is 1.97. The smallest absolute Gasteiger partial charge is 0.264 e. The molecule has 11 heteroatoms. The minimum absolute atomic E-state index is 0.0801. The highest BCUT2D eigenvalue weighted by Gasteiger charge is 2.34. The molecule has 41 heavy (non-hydrogen) atoms. The molecular weight excluding hydrogens is 566 g/mol. The van der Waals surface area contributed by atoms with E-state index in [0.717, 1.165) is 15.4 Å². The van der Waals surface area contributed by atoms with E-state index in [1.807, 2.05) is 6.92 Å². The maximum atomic E-state index is 14.1. The van der Waals surface area contributed by atoms with Gasteiger partial charge in [-0.2, -0.15) is 0 Å². The molecule has 220 valence electrons. The van der Waals surface area contributed by atoms with Crippen LogP contribution in [0.25, 0.3) is 0 Å². The number of hydrogen-bond acceptors (Lipinski definition) is 6. The molecule has 2 amide bonds. The second kappa shape index (κ2) is 14.2. The van der Waals surface area contributed by atoms with Crippen molar-refractivity contribution in [3.63, 3.8) is 0 Å². The number of benzene rings is 3. The zero-order chi connectivity index (χ0) is 30.2. The largest absolute Gasteiger partial charge is 0.493 e. The zero-order valence-corrected chi connectivity index (χ0v) is 25.5. The number of amides is 2. The number of nitrogens with one attached hydrogen (secondary N) is 1. The van der Waals surface area contributed by atoms with E-state index < -0.39 is 28.5 Å². The number of methoxy groups -OCH3 is 2. The van der Waals surface area contributed by atoms with Gasteiger partial charge < -0.3 is 19.7 Å². The van der Waals surface area contributed by atoms with Crippen LogP contribution in [0.3, 0.4) is 0 Å². The van der Waals surface area contributed by atoms with Gasteiger partial charge in [0.05, 0.1) is 24.8 Å². The SMILES string of the molecule is CCNC(=O)[C@@H](CC)N(Cc1ccc(Cl)cc1)C(=O)CN(c1ccc(C)cc1)S(=O)(=O)c1ccc(OC)c(OC)c1. The Labute approximate surface area is 247 Å². The number of carbonyl (C=O) groups is 2. The quantitative estimate of drug-likeness (QED) is 0.302. The Morgan fingerprint density at radius 2 is 1.56 bits per heavy atom. The second-order valence-corrected chi connectivity index (χ2v) is 11.6. The first-order valence-corrected chi connectivity index (χ1v) is 15.0. The lowest BCUT2D eigenvalue weighted by molar-refractivity contribution is -0.140. The molecule has 9 nitrogen and oxygen atoms in total. The Morgan fingerprint density at radius 3 is 2.12 bits per heavy atom. The molecule has 0 aliphatic rings. The van der Waals surface area contributed by atoms with Crippen molar-refractivity contribution in [1.82, 2.24) is 10.2 Å². The minimum Gasteiger partial charge on any atom is -0.493 e. The van der Waals surface area contributed by atoms with Gasteiger partial charge in [-0.3, -0.25) is 13.9 Å². The van der Waals surface area contributed by atoms with Gasteiger partial charge in [-0.05, 0) is 62.2 Å². The molecule has 0 unspecified atom stereocenters. The van der Waals surface area contributed by atoms with Crippen molar-refractivity contribution in [2.24, 2.45) is 0 Å². The van der Waals surface area contributed by atoms with Crippen molar-refractivity contribution in [2.45, 2.75) is 44.7 Å². The first-order valence-electron chi connectivity index (χ1n) is 13.2. The zero-order valence-electron chi connectivity index (χ0n) is 23.9. The number of carbonyl (C=O) groups excluding carboxylic acids is 2. The summed E-state index contributed by atoms with van der Waals surface area (Å²) in [7, 11) is -1.39. The van der Waals surface area contributed by atoms with Crippen LogP contribution in [0.5, 0.6) is 11.5 Å². The molecule has 3 aromatic carbocycles. The third kappa shape index (κ3) is 7.71. The summed E-state index contributed by atoms with van der Waals surface area (Å²) in [6.07, 6.45) is 0.331. The molecule has 1 atom stereocenters. The van der Waals surface area contributed by atoms with E-state index in [1.165, 1.54) is 37.3 Å². The van der Waals surface area contributed by atoms with E-state index >= 15 is 0 Å². The Bertz CT molecular complexity index is 1450. The first-order chi connectivity index (χ1) is 19.5. The van der Waals surface area contributed by atoms with Crippen LogP contribution in [-0.2, 0) is 26.2 Å². The summed E-state index contributed by atoms with van der Waals surface area (Å²) in [6, 6.07) is 17.2.